The molecule has 0 spiro atoms. The van der Waals surface area contributed by atoms with Crippen LogP contribution >= 0.6 is 0 Å². The summed E-state index contributed by atoms with van der Waals surface area (Å²) in [6.07, 6.45) is 2.42. The molecule has 0 bridgehead atoms. The van der Waals surface area contributed by atoms with E-state index in [1.54, 1.807) is 25.1 Å². The molecule has 1 atom stereocenters. The predicted octanol–water partition coefficient (Wildman–Crippen LogP) is 2.75. The minimum absolute atomic E-state index is 0.255. The van der Waals surface area contributed by atoms with Gasteiger partial charge in [0.2, 0.25) is 21.8 Å². The number of anilines is 1. The summed E-state index contributed by atoms with van der Waals surface area (Å²) in [6, 6.07) is 15.9. The molecule has 0 heterocycles. The second kappa shape index (κ2) is 11.7. The molecule has 0 aromatic heterocycles. The fraction of sp³-hybridized carbons (Fsp3) is 0.417. The molecule has 0 fully saturated rings. The first-order valence-corrected chi connectivity index (χ1v) is 12.6. The lowest BCUT2D eigenvalue weighted by molar-refractivity contribution is -0.138. The Balaban J connectivity index is 2.28. The van der Waals surface area contributed by atoms with Gasteiger partial charge in [-0.15, -0.1) is 0 Å². The third-order valence-electron chi connectivity index (χ3n) is 5.17. The van der Waals surface area contributed by atoms with Crippen molar-refractivity contribution in [2.45, 2.75) is 39.7 Å². The van der Waals surface area contributed by atoms with Crippen molar-refractivity contribution in [3.05, 3.63) is 65.7 Å². The van der Waals surface area contributed by atoms with Crippen molar-refractivity contribution in [1.82, 2.24) is 10.2 Å². The van der Waals surface area contributed by atoms with Crippen LogP contribution in [0.5, 0.6) is 0 Å². The van der Waals surface area contributed by atoms with Gasteiger partial charge in [0.1, 0.15) is 12.6 Å². The molecule has 2 aromatic rings. The van der Waals surface area contributed by atoms with E-state index in [1.165, 1.54) is 4.90 Å². The van der Waals surface area contributed by atoms with E-state index in [0.717, 1.165) is 28.1 Å². The summed E-state index contributed by atoms with van der Waals surface area (Å²) < 4.78 is 26.1. The van der Waals surface area contributed by atoms with Gasteiger partial charge in [-0.3, -0.25) is 13.9 Å². The Morgan fingerprint density at radius 3 is 2.34 bits per heavy atom. The Bertz CT molecular complexity index is 1010. The first-order valence-electron chi connectivity index (χ1n) is 10.8. The van der Waals surface area contributed by atoms with E-state index in [9.17, 15) is 18.0 Å². The largest absolute Gasteiger partial charge is 0.354 e. The highest BCUT2D eigenvalue weighted by Gasteiger charge is 2.29. The van der Waals surface area contributed by atoms with Gasteiger partial charge in [-0.25, -0.2) is 8.42 Å². The number of benzene rings is 2. The zero-order valence-corrected chi connectivity index (χ0v) is 20.1. The maximum absolute atomic E-state index is 13.3. The molecule has 0 unspecified atom stereocenters. The number of carbonyl (C=O) groups excluding carboxylic acids is 2. The van der Waals surface area contributed by atoms with Crippen LogP contribution in [-0.2, 0) is 26.0 Å². The van der Waals surface area contributed by atoms with E-state index < -0.39 is 22.0 Å². The normalized spacial score (nSPS) is 12.1. The summed E-state index contributed by atoms with van der Waals surface area (Å²) in [5, 5.41) is 2.82. The lowest BCUT2D eigenvalue weighted by Gasteiger charge is -2.31. The molecule has 8 heteroatoms. The quantitative estimate of drug-likeness (QED) is 0.560. The monoisotopic (exact) mass is 459 g/mol. The van der Waals surface area contributed by atoms with Crippen molar-refractivity contribution in [3.63, 3.8) is 0 Å². The standard InChI is InChI=1S/C24H33N3O4S/c1-5-15-25-24(29)20(3)26(16-14-21-11-7-6-8-12-21)23(28)18-27(32(4,30)31)22-13-9-10-19(2)17-22/h6-13,17,20H,5,14-16,18H2,1-4H3,(H,25,29)/t20-/m0/s1. The maximum atomic E-state index is 13.3. The van der Waals surface area contributed by atoms with Crippen LogP contribution in [0, 0.1) is 6.92 Å². The van der Waals surface area contributed by atoms with Crippen molar-refractivity contribution < 1.29 is 18.0 Å². The highest BCUT2D eigenvalue weighted by atomic mass is 32.2. The Morgan fingerprint density at radius 2 is 1.75 bits per heavy atom. The number of amides is 2. The molecule has 1 N–H and O–H groups in total. The summed E-state index contributed by atoms with van der Waals surface area (Å²) in [7, 11) is -3.71. The van der Waals surface area contributed by atoms with Crippen molar-refractivity contribution >= 4 is 27.5 Å². The Labute approximate surface area is 191 Å². The molecule has 2 rings (SSSR count). The van der Waals surface area contributed by atoms with Gasteiger partial charge in [-0.2, -0.15) is 0 Å². The molecular formula is C24H33N3O4S. The summed E-state index contributed by atoms with van der Waals surface area (Å²) >= 11 is 0. The predicted molar refractivity (Wildman–Crippen MR) is 128 cm³/mol. The summed E-state index contributed by atoms with van der Waals surface area (Å²) in [5.41, 5.74) is 2.34. The number of hydrogen-bond donors (Lipinski definition) is 1. The first kappa shape index (κ1) is 25.4. The van der Waals surface area contributed by atoms with E-state index in [2.05, 4.69) is 5.32 Å². The number of hydrogen-bond acceptors (Lipinski definition) is 4. The van der Waals surface area contributed by atoms with Crippen LogP contribution in [0.3, 0.4) is 0 Å². The van der Waals surface area contributed by atoms with Crippen LogP contribution < -0.4 is 9.62 Å². The molecule has 0 radical (unpaired) electrons. The van der Waals surface area contributed by atoms with E-state index >= 15 is 0 Å². The molecule has 0 aliphatic rings. The van der Waals surface area contributed by atoms with Crippen LogP contribution in [0.15, 0.2) is 54.6 Å². The molecule has 32 heavy (non-hydrogen) atoms. The van der Waals surface area contributed by atoms with Gasteiger partial charge in [-0.1, -0.05) is 49.4 Å². The molecule has 0 saturated heterocycles. The van der Waals surface area contributed by atoms with Crippen molar-refractivity contribution in [2.24, 2.45) is 0 Å². The third-order valence-corrected chi connectivity index (χ3v) is 6.31. The number of nitrogens with one attached hydrogen (secondary N) is 1. The Morgan fingerprint density at radius 1 is 1.06 bits per heavy atom. The fourth-order valence-electron chi connectivity index (χ4n) is 3.36. The minimum Gasteiger partial charge on any atom is -0.354 e. The van der Waals surface area contributed by atoms with E-state index in [1.807, 2.05) is 50.2 Å². The maximum Gasteiger partial charge on any atom is 0.244 e. The average molecular weight is 460 g/mol. The highest BCUT2D eigenvalue weighted by Crippen LogP contribution is 2.19. The Kier molecular flexibility index (Phi) is 9.26. The van der Waals surface area contributed by atoms with Crippen LogP contribution in [0.2, 0.25) is 0 Å². The van der Waals surface area contributed by atoms with Crippen molar-refractivity contribution in [1.29, 1.82) is 0 Å². The first-order chi connectivity index (χ1) is 15.1. The van der Waals surface area contributed by atoms with Crippen LogP contribution in [0.1, 0.15) is 31.4 Å². The van der Waals surface area contributed by atoms with Crippen LogP contribution in [-0.4, -0.2) is 57.1 Å². The number of carbonyl (C=O) groups is 2. The molecule has 0 aliphatic heterocycles. The SMILES string of the molecule is CCCNC(=O)[C@H](C)N(CCc1ccccc1)C(=O)CN(c1cccc(C)c1)S(C)(=O)=O. The number of aryl methyl sites for hydroxylation is 1. The topological polar surface area (TPSA) is 86.8 Å². The average Bonchev–Trinajstić information content (AvgIpc) is 2.75. The van der Waals surface area contributed by atoms with Gasteiger partial charge >= 0.3 is 0 Å². The van der Waals surface area contributed by atoms with Crippen LogP contribution in [0.4, 0.5) is 5.69 Å². The summed E-state index contributed by atoms with van der Waals surface area (Å²) in [6.45, 7) is 5.93. The van der Waals surface area contributed by atoms with Gasteiger partial charge in [0.15, 0.2) is 0 Å². The van der Waals surface area contributed by atoms with Crippen molar-refractivity contribution in [3.8, 4) is 0 Å². The zero-order chi connectivity index (χ0) is 23.7. The Hall–Kier alpha value is -2.87. The second-order valence-electron chi connectivity index (χ2n) is 7.90. The van der Waals surface area contributed by atoms with Gasteiger partial charge in [-0.05, 0) is 49.9 Å². The minimum atomic E-state index is -3.71. The molecule has 7 nitrogen and oxygen atoms in total. The third kappa shape index (κ3) is 7.37. The van der Waals surface area contributed by atoms with E-state index in [-0.39, 0.29) is 12.5 Å². The number of sulfonamides is 1. The number of nitrogens with zero attached hydrogens (tertiary/aromatic N) is 2. The highest BCUT2D eigenvalue weighted by molar-refractivity contribution is 7.92. The van der Waals surface area contributed by atoms with E-state index in [0.29, 0.717) is 25.2 Å². The molecule has 174 valence electrons. The molecule has 0 saturated carbocycles. The zero-order valence-electron chi connectivity index (χ0n) is 19.2. The number of rotatable bonds is 11. The van der Waals surface area contributed by atoms with E-state index in [4.69, 9.17) is 0 Å². The molecule has 0 aliphatic carbocycles. The van der Waals surface area contributed by atoms with Gasteiger partial charge < -0.3 is 10.2 Å². The molecule has 2 amide bonds. The summed E-state index contributed by atoms with van der Waals surface area (Å²) in [5.74, 6) is -0.679. The summed E-state index contributed by atoms with van der Waals surface area (Å²) in [4.78, 5) is 27.4. The van der Waals surface area contributed by atoms with Gasteiger partial charge in [0.25, 0.3) is 0 Å². The molecule has 2 aromatic carbocycles. The molecular weight excluding hydrogens is 426 g/mol. The fourth-order valence-corrected chi connectivity index (χ4v) is 4.20. The van der Waals surface area contributed by atoms with Gasteiger partial charge in [0, 0.05) is 13.1 Å². The van der Waals surface area contributed by atoms with Crippen molar-refractivity contribution in [2.75, 3.05) is 30.2 Å². The van der Waals surface area contributed by atoms with Crippen LogP contribution in [0.25, 0.3) is 0 Å². The van der Waals surface area contributed by atoms with Gasteiger partial charge in [0.05, 0.1) is 11.9 Å². The smallest absolute Gasteiger partial charge is 0.244 e. The second-order valence-corrected chi connectivity index (χ2v) is 9.81. The lowest BCUT2D eigenvalue weighted by Crippen LogP contribution is -2.52. The lowest BCUT2D eigenvalue weighted by atomic mass is 10.1.